The Morgan fingerprint density at radius 3 is 2.31 bits per heavy atom. The van der Waals surface area contributed by atoms with Gasteiger partial charge in [0.15, 0.2) is 0 Å². The molecular formula is C14H23NO. The van der Waals surface area contributed by atoms with Crippen LogP contribution in [0.1, 0.15) is 32.8 Å². The van der Waals surface area contributed by atoms with Crippen LogP contribution in [-0.4, -0.2) is 12.7 Å². The van der Waals surface area contributed by atoms with Crippen molar-refractivity contribution >= 4 is 5.69 Å². The maximum Gasteiger partial charge on any atom is 0.0549 e. The normalized spacial score (nSPS) is 13.0. The van der Waals surface area contributed by atoms with Gasteiger partial charge in [-0.2, -0.15) is 0 Å². The highest BCUT2D eigenvalue weighted by atomic mass is 16.5. The average molecular weight is 221 g/mol. The number of nitrogens with two attached hydrogens (primary N) is 1. The highest BCUT2D eigenvalue weighted by molar-refractivity contribution is 5.39. The van der Waals surface area contributed by atoms with E-state index in [4.69, 9.17) is 10.5 Å². The van der Waals surface area contributed by atoms with E-state index in [1.807, 2.05) is 12.1 Å². The zero-order chi connectivity index (χ0) is 12.0. The summed E-state index contributed by atoms with van der Waals surface area (Å²) in [6, 6.07) is 8.00. The number of rotatable bonds is 6. The minimum absolute atomic E-state index is 0.355. The highest BCUT2D eigenvalue weighted by Crippen LogP contribution is 2.09. The van der Waals surface area contributed by atoms with Crippen molar-refractivity contribution in [3.8, 4) is 0 Å². The molecule has 0 aromatic heterocycles. The van der Waals surface area contributed by atoms with Crippen molar-refractivity contribution in [3.05, 3.63) is 29.8 Å². The molecule has 16 heavy (non-hydrogen) atoms. The van der Waals surface area contributed by atoms with Crippen LogP contribution in [0.5, 0.6) is 0 Å². The fraction of sp³-hybridized carbons (Fsp3) is 0.571. The fourth-order valence-electron chi connectivity index (χ4n) is 1.79. The van der Waals surface area contributed by atoms with Gasteiger partial charge in [0.05, 0.1) is 12.7 Å². The SMILES string of the molecule is CC(C)CC(C)OCCc1ccc(N)cc1. The van der Waals surface area contributed by atoms with Gasteiger partial charge in [-0.25, -0.2) is 0 Å². The molecule has 2 nitrogen and oxygen atoms in total. The molecular weight excluding hydrogens is 198 g/mol. The number of hydrogen-bond acceptors (Lipinski definition) is 2. The molecule has 1 rings (SSSR count). The summed E-state index contributed by atoms with van der Waals surface area (Å²) in [4.78, 5) is 0. The molecule has 90 valence electrons. The lowest BCUT2D eigenvalue weighted by Gasteiger charge is -2.15. The van der Waals surface area contributed by atoms with Crippen molar-refractivity contribution in [1.82, 2.24) is 0 Å². The standard InChI is InChI=1S/C14H23NO/c1-11(2)10-12(3)16-9-8-13-4-6-14(15)7-5-13/h4-7,11-12H,8-10,15H2,1-3H3. The van der Waals surface area contributed by atoms with Crippen LogP contribution in [0.3, 0.4) is 0 Å². The summed E-state index contributed by atoms with van der Waals surface area (Å²) in [5.41, 5.74) is 7.73. The molecule has 0 fully saturated rings. The number of ether oxygens (including phenoxy) is 1. The summed E-state index contributed by atoms with van der Waals surface area (Å²) in [6.45, 7) is 7.38. The lowest BCUT2D eigenvalue weighted by atomic mass is 10.1. The molecule has 2 N–H and O–H groups in total. The molecule has 1 aromatic rings. The highest BCUT2D eigenvalue weighted by Gasteiger charge is 2.04. The van der Waals surface area contributed by atoms with E-state index in [0.29, 0.717) is 12.0 Å². The van der Waals surface area contributed by atoms with E-state index in [1.165, 1.54) is 5.56 Å². The molecule has 0 aliphatic heterocycles. The summed E-state index contributed by atoms with van der Waals surface area (Å²) in [7, 11) is 0. The lowest BCUT2D eigenvalue weighted by Crippen LogP contribution is -2.13. The van der Waals surface area contributed by atoms with Crippen LogP contribution >= 0.6 is 0 Å². The molecule has 1 aromatic carbocycles. The van der Waals surface area contributed by atoms with Crippen LogP contribution in [0.4, 0.5) is 5.69 Å². The van der Waals surface area contributed by atoms with Crippen molar-refractivity contribution in [1.29, 1.82) is 0 Å². The first-order valence-electron chi connectivity index (χ1n) is 6.04. The molecule has 2 heteroatoms. The molecule has 0 saturated carbocycles. The Bertz CT molecular complexity index is 292. The van der Waals surface area contributed by atoms with E-state index >= 15 is 0 Å². The molecule has 0 bridgehead atoms. The van der Waals surface area contributed by atoms with Gasteiger partial charge in [-0.1, -0.05) is 26.0 Å². The Labute approximate surface area is 98.8 Å². The first kappa shape index (κ1) is 13.0. The minimum Gasteiger partial charge on any atom is -0.399 e. The summed E-state index contributed by atoms with van der Waals surface area (Å²) in [6.07, 6.45) is 2.44. The minimum atomic E-state index is 0.355. The summed E-state index contributed by atoms with van der Waals surface area (Å²) >= 11 is 0. The van der Waals surface area contributed by atoms with Crippen molar-refractivity contribution in [2.24, 2.45) is 5.92 Å². The number of nitrogen functional groups attached to an aromatic ring is 1. The molecule has 0 radical (unpaired) electrons. The van der Waals surface area contributed by atoms with Crippen LogP contribution < -0.4 is 5.73 Å². The monoisotopic (exact) mass is 221 g/mol. The molecule has 1 atom stereocenters. The largest absolute Gasteiger partial charge is 0.399 e. The Balaban J connectivity index is 2.22. The van der Waals surface area contributed by atoms with E-state index in [-0.39, 0.29) is 0 Å². The molecule has 0 spiro atoms. The van der Waals surface area contributed by atoms with E-state index < -0.39 is 0 Å². The smallest absolute Gasteiger partial charge is 0.0549 e. The Hall–Kier alpha value is -1.02. The summed E-state index contributed by atoms with van der Waals surface area (Å²) in [5.74, 6) is 0.700. The Morgan fingerprint density at radius 1 is 1.12 bits per heavy atom. The first-order chi connectivity index (χ1) is 7.58. The van der Waals surface area contributed by atoms with Gasteiger partial charge in [-0.05, 0) is 43.4 Å². The molecule has 0 heterocycles. The maximum atomic E-state index is 5.76. The lowest BCUT2D eigenvalue weighted by molar-refractivity contribution is 0.0541. The van der Waals surface area contributed by atoms with Crippen molar-refractivity contribution in [2.45, 2.75) is 39.7 Å². The Kier molecular flexibility index (Phi) is 5.33. The van der Waals surface area contributed by atoms with Gasteiger partial charge in [0, 0.05) is 5.69 Å². The van der Waals surface area contributed by atoms with Gasteiger partial charge in [0.2, 0.25) is 0 Å². The third-order valence-corrected chi connectivity index (χ3v) is 2.58. The van der Waals surface area contributed by atoms with Crippen LogP contribution in [0.25, 0.3) is 0 Å². The zero-order valence-corrected chi connectivity index (χ0v) is 10.6. The summed E-state index contributed by atoms with van der Waals surface area (Å²) < 4.78 is 5.76. The third kappa shape index (κ3) is 5.17. The molecule has 0 amide bonds. The quantitative estimate of drug-likeness (QED) is 0.748. The fourth-order valence-corrected chi connectivity index (χ4v) is 1.79. The predicted octanol–water partition coefficient (Wildman–Crippen LogP) is 3.26. The van der Waals surface area contributed by atoms with E-state index in [1.54, 1.807) is 0 Å². The number of benzene rings is 1. The van der Waals surface area contributed by atoms with Crippen molar-refractivity contribution in [3.63, 3.8) is 0 Å². The van der Waals surface area contributed by atoms with Gasteiger partial charge >= 0.3 is 0 Å². The second-order valence-corrected chi connectivity index (χ2v) is 4.80. The average Bonchev–Trinajstić information content (AvgIpc) is 2.20. The Morgan fingerprint density at radius 2 is 1.75 bits per heavy atom. The predicted molar refractivity (Wildman–Crippen MR) is 69.4 cm³/mol. The van der Waals surface area contributed by atoms with Crippen LogP contribution in [0.15, 0.2) is 24.3 Å². The molecule has 0 aliphatic carbocycles. The van der Waals surface area contributed by atoms with Gasteiger partial charge in [-0.15, -0.1) is 0 Å². The van der Waals surface area contributed by atoms with E-state index in [2.05, 4.69) is 32.9 Å². The van der Waals surface area contributed by atoms with Crippen LogP contribution in [0, 0.1) is 5.92 Å². The second-order valence-electron chi connectivity index (χ2n) is 4.80. The topological polar surface area (TPSA) is 35.2 Å². The maximum absolute atomic E-state index is 5.76. The number of anilines is 1. The first-order valence-corrected chi connectivity index (χ1v) is 6.04. The van der Waals surface area contributed by atoms with Crippen LogP contribution in [-0.2, 0) is 11.2 Å². The molecule has 0 saturated heterocycles. The van der Waals surface area contributed by atoms with Gasteiger partial charge in [-0.3, -0.25) is 0 Å². The number of hydrogen-bond donors (Lipinski definition) is 1. The molecule has 0 aliphatic rings. The van der Waals surface area contributed by atoms with Gasteiger partial charge in [0.1, 0.15) is 0 Å². The second kappa shape index (κ2) is 6.54. The van der Waals surface area contributed by atoms with E-state index in [9.17, 15) is 0 Å². The third-order valence-electron chi connectivity index (χ3n) is 2.58. The van der Waals surface area contributed by atoms with Crippen LogP contribution in [0.2, 0.25) is 0 Å². The van der Waals surface area contributed by atoms with Gasteiger partial charge < -0.3 is 10.5 Å². The van der Waals surface area contributed by atoms with Gasteiger partial charge in [0.25, 0.3) is 0 Å². The van der Waals surface area contributed by atoms with Crippen molar-refractivity contribution < 1.29 is 4.74 Å². The van der Waals surface area contributed by atoms with E-state index in [0.717, 1.165) is 25.1 Å². The summed E-state index contributed by atoms with van der Waals surface area (Å²) in [5, 5.41) is 0. The van der Waals surface area contributed by atoms with Crippen molar-refractivity contribution in [2.75, 3.05) is 12.3 Å². The molecule has 1 unspecified atom stereocenters. The zero-order valence-electron chi connectivity index (χ0n) is 10.6.